The van der Waals surface area contributed by atoms with Crippen LogP contribution in [0.4, 0.5) is 9.59 Å². The highest BCUT2D eigenvalue weighted by molar-refractivity contribution is 5.90. The zero-order valence-electron chi connectivity index (χ0n) is 18.9. The van der Waals surface area contributed by atoms with Crippen LogP contribution in [0.1, 0.15) is 27.7 Å². The van der Waals surface area contributed by atoms with Crippen LogP contribution in [0.3, 0.4) is 0 Å². The number of hydrogen-bond donors (Lipinski definition) is 0. The number of benzene rings is 2. The van der Waals surface area contributed by atoms with Gasteiger partial charge in [0, 0.05) is 12.1 Å². The van der Waals surface area contributed by atoms with Crippen LogP contribution in [-0.4, -0.2) is 31.6 Å². The van der Waals surface area contributed by atoms with Crippen molar-refractivity contribution in [1.82, 2.24) is 0 Å². The van der Waals surface area contributed by atoms with Crippen LogP contribution in [0.5, 0.6) is 17.2 Å². The molecule has 0 saturated heterocycles. The monoisotopic (exact) mass is 456 g/mol. The molecule has 9 nitrogen and oxygen atoms in total. The van der Waals surface area contributed by atoms with Gasteiger partial charge in [-0.25, -0.2) is 9.59 Å². The first-order valence-corrected chi connectivity index (χ1v) is 10.2. The Balaban J connectivity index is 2.10. The van der Waals surface area contributed by atoms with Crippen molar-refractivity contribution in [1.29, 1.82) is 0 Å². The molecule has 3 aromatic rings. The Kier molecular flexibility index (Phi) is 7.22. The smallest absolute Gasteiger partial charge is 0.497 e. The molecule has 0 aliphatic heterocycles. The molecule has 0 spiro atoms. The van der Waals surface area contributed by atoms with Crippen LogP contribution in [0, 0.1) is 0 Å². The Morgan fingerprint density at radius 1 is 0.848 bits per heavy atom. The van der Waals surface area contributed by atoms with Crippen LogP contribution in [0.25, 0.3) is 22.1 Å². The molecule has 1 heterocycles. The molecular formula is C24H24O9. The summed E-state index contributed by atoms with van der Waals surface area (Å²) in [5.74, 6) is 0.398. The van der Waals surface area contributed by atoms with Crippen LogP contribution >= 0.6 is 0 Å². The molecule has 174 valence electrons. The Morgan fingerprint density at radius 2 is 1.45 bits per heavy atom. The number of rotatable bonds is 6. The molecule has 0 unspecified atom stereocenters. The lowest BCUT2D eigenvalue weighted by Gasteiger charge is -2.13. The number of methoxy groups -OCH3 is 1. The van der Waals surface area contributed by atoms with Crippen molar-refractivity contribution in [3.63, 3.8) is 0 Å². The van der Waals surface area contributed by atoms with Crippen LogP contribution in [-0.2, 0) is 9.47 Å². The third-order valence-corrected chi connectivity index (χ3v) is 4.27. The van der Waals surface area contributed by atoms with Gasteiger partial charge >= 0.3 is 12.3 Å². The Bertz CT molecular complexity index is 1210. The summed E-state index contributed by atoms with van der Waals surface area (Å²) in [6, 6.07) is 9.35. The fourth-order valence-electron chi connectivity index (χ4n) is 2.92. The molecule has 0 amide bonds. The number of hydrogen-bond acceptors (Lipinski definition) is 9. The quantitative estimate of drug-likeness (QED) is 0.359. The van der Waals surface area contributed by atoms with Gasteiger partial charge in [-0.1, -0.05) is 12.1 Å². The summed E-state index contributed by atoms with van der Waals surface area (Å²) < 4.78 is 31.2. The summed E-state index contributed by atoms with van der Waals surface area (Å²) in [4.78, 5) is 37.4. The molecule has 0 aliphatic carbocycles. The number of carbonyl (C=O) groups is 2. The van der Waals surface area contributed by atoms with Crippen LogP contribution < -0.4 is 19.6 Å². The van der Waals surface area contributed by atoms with Gasteiger partial charge in [0.25, 0.3) is 0 Å². The summed E-state index contributed by atoms with van der Waals surface area (Å²) in [6.45, 7) is 6.63. The van der Waals surface area contributed by atoms with E-state index in [1.807, 2.05) is 0 Å². The summed E-state index contributed by atoms with van der Waals surface area (Å²) in [6.07, 6.45) is -1.56. The minimum Gasteiger partial charge on any atom is -0.497 e. The highest BCUT2D eigenvalue weighted by Gasteiger charge is 2.21. The van der Waals surface area contributed by atoms with Crippen molar-refractivity contribution < 1.29 is 37.7 Å². The predicted octanol–water partition coefficient (Wildman–Crippen LogP) is 5.32. The average molecular weight is 456 g/mol. The number of carbonyl (C=O) groups excluding carboxylic acids is 2. The number of fused-ring (bicyclic) bond motifs is 1. The van der Waals surface area contributed by atoms with Crippen molar-refractivity contribution in [2.75, 3.05) is 7.11 Å². The molecular weight excluding hydrogens is 432 g/mol. The van der Waals surface area contributed by atoms with E-state index in [2.05, 4.69) is 0 Å². The van der Waals surface area contributed by atoms with Gasteiger partial charge in [0.2, 0.25) is 5.43 Å². The van der Waals surface area contributed by atoms with Gasteiger partial charge in [0.1, 0.15) is 28.7 Å². The predicted molar refractivity (Wildman–Crippen MR) is 119 cm³/mol. The van der Waals surface area contributed by atoms with E-state index in [4.69, 9.17) is 28.1 Å². The summed E-state index contributed by atoms with van der Waals surface area (Å²) >= 11 is 0. The largest absolute Gasteiger partial charge is 0.514 e. The lowest BCUT2D eigenvalue weighted by molar-refractivity contribution is 0.0723. The average Bonchev–Trinajstić information content (AvgIpc) is 2.72. The van der Waals surface area contributed by atoms with E-state index in [-0.39, 0.29) is 28.0 Å². The minimum absolute atomic E-state index is 0.0198. The molecule has 0 radical (unpaired) electrons. The Labute approximate surface area is 189 Å². The third-order valence-electron chi connectivity index (χ3n) is 4.27. The molecule has 3 rings (SSSR count). The zero-order valence-corrected chi connectivity index (χ0v) is 18.9. The lowest BCUT2D eigenvalue weighted by atomic mass is 10.0. The van der Waals surface area contributed by atoms with Gasteiger partial charge in [-0.15, -0.1) is 0 Å². The van der Waals surface area contributed by atoms with E-state index >= 15 is 0 Å². The first kappa shape index (κ1) is 23.6. The first-order valence-electron chi connectivity index (χ1n) is 10.2. The third kappa shape index (κ3) is 5.82. The van der Waals surface area contributed by atoms with Crippen molar-refractivity contribution in [3.8, 4) is 28.4 Å². The molecule has 0 aliphatic rings. The number of ether oxygens (including phenoxy) is 5. The highest BCUT2D eigenvalue weighted by atomic mass is 16.7. The first-order chi connectivity index (χ1) is 15.7. The van der Waals surface area contributed by atoms with Crippen LogP contribution in [0.15, 0.2) is 51.9 Å². The maximum atomic E-state index is 13.3. The van der Waals surface area contributed by atoms with E-state index in [9.17, 15) is 14.4 Å². The molecule has 0 N–H and O–H groups in total. The van der Waals surface area contributed by atoms with Gasteiger partial charge in [-0.3, -0.25) is 4.79 Å². The van der Waals surface area contributed by atoms with Gasteiger partial charge in [0.05, 0.1) is 24.9 Å². The Hall–Kier alpha value is -4.01. The minimum atomic E-state index is -1.03. The summed E-state index contributed by atoms with van der Waals surface area (Å²) in [5.41, 5.74) is 0.396. The van der Waals surface area contributed by atoms with Crippen molar-refractivity contribution in [3.05, 3.63) is 52.9 Å². The summed E-state index contributed by atoms with van der Waals surface area (Å²) in [5, 5.41) is -0.0198. The van der Waals surface area contributed by atoms with E-state index in [1.54, 1.807) is 52.0 Å². The van der Waals surface area contributed by atoms with Crippen LogP contribution in [0.2, 0.25) is 0 Å². The SMILES string of the molecule is COc1ccc(-c2coc3cc(OC(=O)OC(C)C)cc(OC(=O)OC(C)C)c3c2=O)cc1. The fourth-order valence-corrected chi connectivity index (χ4v) is 2.92. The standard InChI is InChI=1S/C24H24O9/c1-13(2)30-23(26)32-17-10-19-21(20(11-17)33-24(27)31-14(3)4)22(25)18(12-29-19)15-6-8-16(28-5)9-7-15/h6-14H,1-5H3. The van der Waals surface area contributed by atoms with Gasteiger partial charge < -0.3 is 28.1 Å². The fraction of sp³-hybridized carbons (Fsp3) is 0.292. The highest BCUT2D eigenvalue weighted by Crippen LogP contribution is 2.32. The van der Waals surface area contributed by atoms with Crippen molar-refractivity contribution >= 4 is 23.3 Å². The normalized spacial score (nSPS) is 10.9. The van der Waals surface area contributed by atoms with Gasteiger partial charge in [-0.05, 0) is 45.4 Å². The molecule has 0 bridgehead atoms. The van der Waals surface area contributed by atoms with Crippen molar-refractivity contribution in [2.45, 2.75) is 39.9 Å². The second-order valence-corrected chi connectivity index (χ2v) is 7.54. The molecule has 9 heteroatoms. The topological polar surface area (TPSA) is 111 Å². The maximum absolute atomic E-state index is 13.3. The molecule has 0 fully saturated rings. The van der Waals surface area contributed by atoms with Crippen molar-refractivity contribution in [2.24, 2.45) is 0 Å². The summed E-state index contributed by atoms with van der Waals surface area (Å²) in [7, 11) is 1.54. The molecule has 0 saturated carbocycles. The molecule has 33 heavy (non-hydrogen) atoms. The van der Waals surface area contributed by atoms with Gasteiger partial charge in [-0.2, -0.15) is 0 Å². The molecule has 2 aromatic carbocycles. The molecule has 1 aromatic heterocycles. The van der Waals surface area contributed by atoms with E-state index in [0.29, 0.717) is 11.3 Å². The molecule has 0 atom stereocenters. The van der Waals surface area contributed by atoms with E-state index < -0.39 is 29.9 Å². The van der Waals surface area contributed by atoms with Gasteiger partial charge in [0.15, 0.2) is 5.75 Å². The zero-order chi connectivity index (χ0) is 24.1. The second kappa shape index (κ2) is 10.1. The van der Waals surface area contributed by atoms with E-state index in [0.717, 1.165) is 0 Å². The Morgan fingerprint density at radius 3 is 2.03 bits per heavy atom. The second-order valence-electron chi connectivity index (χ2n) is 7.54. The lowest BCUT2D eigenvalue weighted by Crippen LogP contribution is -2.18. The maximum Gasteiger partial charge on any atom is 0.514 e. The van der Waals surface area contributed by atoms with E-state index in [1.165, 1.54) is 25.5 Å².